The molecule has 2 aliphatic rings. The van der Waals surface area contributed by atoms with Gasteiger partial charge in [-0.25, -0.2) is 15.0 Å². The van der Waals surface area contributed by atoms with Gasteiger partial charge in [0.05, 0.1) is 10.9 Å². The first kappa shape index (κ1) is 25.9. The van der Waals surface area contributed by atoms with Crippen LogP contribution in [0.5, 0.6) is 0 Å². The number of benzene rings is 1. The number of hydrogen-bond donors (Lipinski definition) is 3. The number of hydrogen-bond acceptors (Lipinski definition) is 6. The van der Waals surface area contributed by atoms with E-state index in [1.54, 1.807) is 6.33 Å². The molecule has 0 spiro atoms. The molecule has 196 valence electrons. The predicted molar refractivity (Wildman–Crippen MR) is 149 cm³/mol. The van der Waals surface area contributed by atoms with Crippen LogP contribution < -0.4 is 5.32 Å². The van der Waals surface area contributed by atoms with Gasteiger partial charge in [-0.15, -0.1) is 0 Å². The van der Waals surface area contributed by atoms with Crippen molar-refractivity contribution in [2.75, 3.05) is 5.32 Å². The molecule has 4 aromatic rings. The van der Waals surface area contributed by atoms with Crippen LogP contribution in [-0.4, -0.2) is 41.6 Å². The normalized spacial score (nSPS) is 20.0. The summed E-state index contributed by atoms with van der Waals surface area (Å²) < 4.78 is 2.31. The SMILES string of the molecule is CC(C)(O)O.Clc1ncnc2c1ccn2C1CCC(CCc2ccc3ccc(NC4CCC4)nc3c2)C1. The van der Waals surface area contributed by atoms with Crippen LogP contribution in [0, 0.1) is 5.92 Å². The average Bonchev–Trinajstić information content (AvgIpc) is 3.46. The van der Waals surface area contributed by atoms with Crippen molar-refractivity contribution in [3.8, 4) is 0 Å². The first-order valence-corrected chi connectivity index (χ1v) is 13.7. The lowest BCUT2D eigenvalue weighted by Gasteiger charge is -2.26. The molecule has 2 aliphatic carbocycles. The van der Waals surface area contributed by atoms with E-state index in [-0.39, 0.29) is 0 Å². The fourth-order valence-electron chi connectivity index (χ4n) is 5.33. The van der Waals surface area contributed by atoms with E-state index >= 15 is 0 Å². The second-order valence-electron chi connectivity index (χ2n) is 11.0. The van der Waals surface area contributed by atoms with Crippen LogP contribution in [0.25, 0.3) is 21.9 Å². The number of aliphatic hydroxyl groups is 2. The second-order valence-corrected chi connectivity index (χ2v) is 11.3. The Labute approximate surface area is 222 Å². The van der Waals surface area contributed by atoms with E-state index in [1.165, 1.54) is 69.7 Å². The molecule has 37 heavy (non-hydrogen) atoms. The smallest absolute Gasteiger partial charge is 0.156 e. The van der Waals surface area contributed by atoms with E-state index < -0.39 is 5.79 Å². The molecule has 6 rings (SSSR count). The highest BCUT2D eigenvalue weighted by molar-refractivity contribution is 6.33. The van der Waals surface area contributed by atoms with Crippen molar-refractivity contribution in [2.24, 2.45) is 5.92 Å². The van der Waals surface area contributed by atoms with E-state index in [0.717, 1.165) is 34.7 Å². The number of nitrogens with one attached hydrogen (secondary N) is 1. The molecule has 2 saturated carbocycles. The Hall–Kier alpha value is -2.74. The molecular weight excluding hydrogens is 486 g/mol. The maximum atomic E-state index is 8.08. The van der Waals surface area contributed by atoms with Crippen LogP contribution in [0.15, 0.2) is 48.9 Å². The van der Waals surface area contributed by atoms with Crippen LogP contribution >= 0.6 is 11.6 Å². The number of anilines is 1. The fourth-order valence-corrected chi connectivity index (χ4v) is 5.52. The van der Waals surface area contributed by atoms with Gasteiger partial charge in [-0.2, -0.15) is 0 Å². The lowest BCUT2D eigenvalue weighted by atomic mass is 9.93. The van der Waals surface area contributed by atoms with Crippen molar-refractivity contribution in [3.05, 3.63) is 59.6 Å². The van der Waals surface area contributed by atoms with Crippen LogP contribution in [0.1, 0.15) is 70.4 Å². The zero-order valence-corrected chi connectivity index (χ0v) is 22.3. The van der Waals surface area contributed by atoms with Crippen LogP contribution in [0.2, 0.25) is 5.15 Å². The van der Waals surface area contributed by atoms with Crippen molar-refractivity contribution in [1.82, 2.24) is 19.5 Å². The zero-order chi connectivity index (χ0) is 26.0. The number of halogens is 1. The van der Waals surface area contributed by atoms with Gasteiger partial charge in [0.15, 0.2) is 5.79 Å². The van der Waals surface area contributed by atoms with Crippen molar-refractivity contribution in [1.29, 1.82) is 0 Å². The van der Waals surface area contributed by atoms with Gasteiger partial charge in [-0.1, -0.05) is 23.7 Å². The lowest BCUT2D eigenvalue weighted by molar-refractivity contribution is -0.127. The summed E-state index contributed by atoms with van der Waals surface area (Å²) in [5.74, 6) is 0.255. The van der Waals surface area contributed by atoms with E-state index in [4.69, 9.17) is 26.8 Å². The van der Waals surface area contributed by atoms with Gasteiger partial charge < -0.3 is 20.1 Å². The van der Waals surface area contributed by atoms with E-state index in [0.29, 0.717) is 17.2 Å². The third-order valence-corrected chi connectivity index (χ3v) is 7.72. The monoisotopic (exact) mass is 521 g/mol. The third kappa shape index (κ3) is 6.58. The van der Waals surface area contributed by atoms with Crippen molar-refractivity contribution < 1.29 is 10.2 Å². The van der Waals surface area contributed by atoms with Gasteiger partial charge in [0.25, 0.3) is 0 Å². The molecule has 3 aromatic heterocycles. The maximum Gasteiger partial charge on any atom is 0.156 e. The quantitative estimate of drug-likeness (QED) is 0.204. The topological polar surface area (TPSA) is 96.1 Å². The first-order chi connectivity index (χ1) is 17.7. The van der Waals surface area contributed by atoms with Gasteiger partial charge in [-0.3, -0.25) is 0 Å². The fraction of sp³-hybridized carbons (Fsp3) is 0.483. The van der Waals surface area contributed by atoms with Crippen LogP contribution in [0.3, 0.4) is 0 Å². The number of rotatable bonds is 6. The standard InChI is InChI=1S/C26H28ClN5.C3H8O2/c27-25-22-12-13-32(26(22)29-16-28-25)21-10-7-17(14-21)4-5-18-6-8-19-9-11-24(31-23(19)15-18)30-20-2-1-3-20;1-3(2,4)5/h6,8-9,11-13,15-17,20-21H,1-5,7,10,14H2,(H,30,31);4-5H,1-2H3. The Morgan fingerprint density at radius 1 is 1.05 bits per heavy atom. The van der Waals surface area contributed by atoms with Crippen molar-refractivity contribution in [2.45, 2.75) is 83.1 Å². The number of pyridine rings is 1. The molecule has 0 radical (unpaired) electrons. The minimum atomic E-state index is -1.50. The molecule has 0 aliphatic heterocycles. The molecule has 3 N–H and O–H groups in total. The summed E-state index contributed by atoms with van der Waals surface area (Å²) >= 11 is 6.24. The molecule has 0 amide bonds. The van der Waals surface area contributed by atoms with Gasteiger partial charge >= 0.3 is 0 Å². The van der Waals surface area contributed by atoms with Gasteiger partial charge in [-0.05, 0) is 101 Å². The summed E-state index contributed by atoms with van der Waals surface area (Å²) in [7, 11) is 0. The third-order valence-electron chi connectivity index (χ3n) is 7.42. The molecule has 2 unspecified atom stereocenters. The minimum Gasteiger partial charge on any atom is -0.367 e. The van der Waals surface area contributed by atoms with Crippen molar-refractivity contribution in [3.63, 3.8) is 0 Å². The second kappa shape index (κ2) is 10.9. The number of nitrogens with zero attached hydrogens (tertiary/aromatic N) is 4. The highest BCUT2D eigenvalue weighted by atomic mass is 35.5. The predicted octanol–water partition coefficient (Wildman–Crippen LogP) is 6.28. The van der Waals surface area contributed by atoms with E-state index in [1.807, 2.05) is 6.07 Å². The first-order valence-electron chi connectivity index (χ1n) is 13.3. The molecule has 3 heterocycles. The highest BCUT2D eigenvalue weighted by Crippen LogP contribution is 2.39. The summed E-state index contributed by atoms with van der Waals surface area (Å²) in [5.41, 5.74) is 3.45. The van der Waals surface area contributed by atoms with Crippen LogP contribution in [-0.2, 0) is 6.42 Å². The van der Waals surface area contributed by atoms with Gasteiger partial charge in [0.1, 0.15) is 22.9 Å². The summed E-state index contributed by atoms with van der Waals surface area (Å²) in [6.07, 6.45) is 13.5. The minimum absolute atomic E-state index is 0.502. The molecule has 2 atom stereocenters. The molecular formula is C29H36ClN5O2. The summed E-state index contributed by atoms with van der Waals surface area (Å²) in [6, 6.07) is 14.2. The Kier molecular flexibility index (Phi) is 7.65. The molecule has 0 saturated heterocycles. The molecule has 2 fully saturated rings. The maximum absolute atomic E-state index is 8.08. The highest BCUT2D eigenvalue weighted by Gasteiger charge is 2.27. The molecule has 1 aromatic carbocycles. The molecule has 8 heteroatoms. The Morgan fingerprint density at radius 2 is 1.84 bits per heavy atom. The summed E-state index contributed by atoms with van der Waals surface area (Å²) in [5, 5.41) is 22.4. The average molecular weight is 522 g/mol. The van der Waals surface area contributed by atoms with Crippen LogP contribution in [0.4, 0.5) is 5.82 Å². The number of fused-ring (bicyclic) bond motifs is 2. The van der Waals surface area contributed by atoms with Crippen molar-refractivity contribution >= 4 is 39.4 Å². The molecule has 7 nitrogen and oxygen atoms in total. The largest absolute Gasteiger partial charge is 0.367 e. The van der Waals surface area contributed by atoms with Gasteiger partial charge in [0.2, 0.25) is 0 Å². The van der Waals surface area contributed by atoms with Gasteiger partial charge in [0, 0.05) is 23.7 Å². The number of aryl methyl sites for hydroxylation is 1. The van der Waals surface area contributed by atoms with E-state index in [2.05, 4.69) is 56.4 Å². The number of aromatic nitrogens is 4. The molecule has 0 bridgehead atoms. The van der Waals surface area contributed by atoms with E-state index in [9.17, 15) is 0 Å². The zero-order valence-electron chi connectivity index (χ0n) is 21.6. The Bertz CT molecular complexity index is 1360. The summed E-state index contributed by atoms with van der Waals surface area (Å²) in [6.45, 7) is 2.60. The Morgan fingerprint density at radius 3 is 2.59 bits per heavy atom. The Balaban J connectivity index is 0.000000514. The lowest BCUT2D eigenvalue weighted by Crippen LogP contribution is -2.27. The summed E-state index contributed by atoms with van der Waals surface area (Å²) in [4.78, 5) is 13.5.